The lowest BCUT2D eigenvalue weighted by molar-refractivity contribution is -0.119. The number of hydrogen-bond donors (Lipinski definition) is 0. The fraction of sp³-hybridized carbons (Fsp3) is 0.929. The molecular formula is C14H26OS. The van der Waals surface area contributed by atoms with Crippen LogP contribution in [-0.2, 0) is 4.79 Å². The Labute approximate surface area is 105 Å². The standard InChI is InChI=1S/C14H26OS/c1-14(2,3)16-13-10-6-4-8-12(15)9-5-7-11-13/h13H,4-11H2,1-3H3. The van der Waals surface area contributed by atoms with E-state index in [0.29, 0.717) is 10.5 Å². The Morgan fingerprint density at radius 2 is 1.50 bits per heavy atom. The summed E-state index contributed by atoms with van der Waals surface area (Å²) in [6.07, 6.45) is 8.95. The van der Waals surface area contributed by atoms with E-state index < -0.39 is 0 Å². The molecule has 1 rings (SSSR count). The molecule has 1 fully saturated rings. The second kappa shape index (κ2) is 6.68. The molecular weight excluding hydrogens is 216 g/mol. The van der Waals surface area contributed by atoms with Crippen LogP contribution in [0, 0.1) is 0 Å². The lowest BCUT2D eigenvalue weighted by Gasteiger charge is -2.26. The van der Waals surface area contributed by atoms with Crippen LogP contribution in [0.25, 0.3) is 0 Å². The van der Waals surface area contributed by atoms with E-state index in [2.05, 4.69) is 32.5 Å². The van der Waals surface area contributed by atoms with Crippen LogP contribution < -0.4 is 0 Å². The van der Waals surface area contributed by atoms with Crippen molar-refractivity contribution in [1.29, 1.82) is 0 Å². The SMILES string of the molecule is CC(C)(C)SC1CCCCC(=O)CCCC1. The van der Waals surface area contributed by atoms with Crippen molar-refractivity contribution in [2.45, 2.75) is 82.1 Å². The van der Waals surface area contributed by atoms with Gasteiger partial charge >= 0.3 is 0 Å². The topological polar surface area (TPSA) is 17.1 Å². The van der Waals surface area contributed by atoms with Crippen LogP contribution >= 0.6 is 11.8 Å². The van der Waals surface area contributed by atoms with E-state index in [9.17, 15) is 4.79 Å². The minimum atomic E-state index is 0.380. The predicted molar refractivity (Wildman–Crippen MR) is 73.1 cm³/mol. The lowest BCUT2D eigenvalue weighted by atomic mass is 10.00. The summed E-state index contributed by atoms with van der Waals surface area (Å²) in [6, 6.07) is 0. The molecule has 16 heavy (non-hydrogen) atoms. The van der Waals surface area contributed by atoms with E-state index in [4.69, 9.17) is 0 Å². The van der Waals surface area contributed by atoms with Gasteiger partial charge in [-0.05, 0) is 25.7 Å². The van der Waals surface area contributed by atoms with Gasteiger partial charge in [0, 0.05) is 22.8 Å². The minimum absolute atomic E-state index is 0.380. The van der Waals surface area contributed by atoms with Gasteiger partial charge in [-0.25, -0.2) is 0 Å². The Bertz CT molecular complexity index is 203. The summed E-state index contributed by atoms with van der Waals surface area (Å²) in [4.78, 5) is 11.4. The molecule has 0 spiro atoms. The van der Waals surface area contributed by atoms with Crippen LogP contribution in [0.4, 0.5) is 0 Å². The number of thioether (sulfide) groups is 1. The Balaban J connectivity index is 2.37. The Kier molecular flexibility index (Phi) is 5.88. The van der Waals surface area contributed by atoms with Crippen LogP contribution in [0.15, 0.2) is 0 Å². The second-order valence-electron chi connectivity index (χ2n) is 5.88. The first-order valence-electron chi connectivity index (χ1n) is 6.67. The highest BCUT2D eigenvalue weighted by Crippen LogP contribution is 2.34. The summed E-state index contributed by atoms with van der Waals surface area (Å²) in [5.74, 6) is 0.488. The van der Waals surface area contributed by atoms with Gasteiger partial charge in [0.25, 0.3) is 0 Å². The Morgan fingerprint density at radius 3 is 1.94 bits per heavy atom. The number of Topliss-reactive ketones (excluding diaryl/α,β-unsaturated/α-hetero) is 1. The number of carbonyl (C=O) groups is 1. The zero-order valence-electron chi connectivity index (χ0n) is 11.1. The van der Waals surface area contributed by atoms with Gasteiger partial charge in [-0.15, -0.1) is 0 Å². The minimum Gasteiger partial charge on any atom is -0.300 e. The second-order valence-corrected chi connectivity index (χ2v) is 8.01. The molecule has 0 radical (unpaired) electrons. The highest BCUT2D eigenvalue weighted by atomic mass is 32.2. The first-order valence-corrected chi connectivity index (χ1v) is 7.55. The number of hydrogen-bond acceptors (Lipinski definition) is 2. The van der Waals surface area contributed by atoms with Crippen LogP contribution in [-0.4, -0.2) is 15.8 Å². The maximum Gasteiger partial charge on any atom is 0.132 e. The molecule has 0 saturated heterocycles. The molecule has 1 aliphatic carbocycles. The average Bonchev–Trinajstić information content (AvgIpc) is 2.16. The van der Waals surface area contributed by atoms with E-state index in [0.717, 1.165) is 30.9 Å². The molecule has 1 saturated carbocycles. The molecule has 0 amide bonds. The Hall–Kier alpha value is 0.0200. The number of rotatable bonds is 1. The zero-order valence-corrected chi connectivity index (χ0v) is 11.9. The van der Waals surface area contributed by atoms with Crippen LogP contribution in [0.1, 0.15) is 72.1 Å². The van der Waals surface area contributed by atoms with Gasteiger partial charge in [0.1, 0.15) is 5.78 Å². The third-order valence-electron chi connectivity index (χ3n) is 2.98. The highest BCUT2D eigenvalue weighted by Gasteiger charge is 2.19. The Morgan fingerprint density at radius 1 is 1.00 bits per heavy atom. The van der Waals surface area contributed by atoms with Crippen LogP contribution in [0.5, 0.6) is 0 Å². The van der Waals surface area contributed by atoms with E-state index >= 15 is 0 Å². The summed E-state index contributed by atoms with van der Waals surface area (Å²) >= 11 is 2.13. The van der Waals surface area contributed by atoms with Crippen molar-refractivity contribution in [3.63, 3.8) is 0 Å². The van der Waals surface area contributed by atoms with Crippen molar-refractivity contribution in [2.24, 2.45) is 0 Å². The molecule has 0 unspecified atom stereocenters. The molecule has 1 nitrogen and oxygen atoms in total. The molecule has 0 aliphatic heterocycles. The summed E-state index contributed by atoms with van der Waals surface area (Å²) in [7, 11) is 0. The molecule has 0 aromatic carbocycles. The van der Waals surface area contributed by atoms with E-state index in [1.807, 2.05) is 0 Å². The third kappa shape index (κ3) is 6.57. The molecule has 0 bridgehead atoms. The van der Waals surface area contributed by atoms with Crippen LogP contribution in [0.2, 0.25) is 0 Å². The fourth-order valence-electron chi connectivity index (χ4n) is 2.28. The monoisotopic (exact) mass is 242 g/mol. The normalized spacial score (nSPS) is 22.1. The van der Waals surface area contributed by atoms with Crippen LogP contribution in [0.3, 0.4) is 0 Å². The van der Waals surface area contributed by atoms with Crippen molar-refractivity contribution >= 4 is 17.5 Å². The number of ketones is 1. The maximum absolute atomic E-state index is 11.4. The molecule has 0 N–H and O–H groups in total. The fourth-order valence-corrected chi connectivity index (χ4v) is 3.84. The van der Waals surface area contributed by atoms with Crippen molar-refractivity contribution < 1.29 is 4.79 Å². The first-order chi connectivity index (χ1) is 7.47. The molecule has 1 aliphatic rings. The highest BCUT2D eigenvalue weighted by molar-refractivity contribution is 8.01. The van der Waals surface area contributed by atoms with Gasteiger partial charge in [-0.2, -0.15) is 11.8 Å². The lowest BCUT2D eigenvalue weighted by Crippen LogP contribution is -2.16. The van der Waals surface area contributed by atoms with Gasteiger partial charge in [0.15, 0.2) is 0 Å². The number of carbonyl (C=O) groups excluding carboxylic acids is 1. The van der Waals surface area contributed by atoms with Gasteiger partial charge in [-0.3, -0.25) is 4.79 Å². The van der Waals surface area contributed by atoms with Crippen molar-refractivity contribution in [3.05, 3.63) is 0 Å². The van der Waals surface area contributed by atoms with Crippen molar-refractivity contribution in [3.8, 4) is 0 Å². The van der Waals surface area contributed by atoms with Gasteiger partial charge in [0.05, 0.1) is 0 Å². The third-order valence-corrected chi connectivity index (χ3v) is 4.50. The predicted octanol–water partition coefficient (Wildman–Crippen LogP) is 4.59. The molecule has 94 valence electrons. The summed E-state index contributed by atoms with van der Waals surface area (Å²) in [6.45, 7) is 6.92. The van der Waals surface area contributed by atoms with Crippen molar-refractivity contribution in [2.75, 3.05) is 0 Å². The summed E-state index contributed by atoms with van der Waals surface area (Å²) in [5.41, 5.74) is 0. The molecule has 0 aromatic heterocycles. The zero-order chi connectivity index (χ0) is 12.0. The van der Waals surface area contributed by atoms with Gasteiger partial charge < -0.3 is 0 Å². The molecule has 0 aromatic rings. The average molecular weight is 242 g/mol. The van der Waals surface area contributed by atoms with Gasteiger partial charge in [-0.1, -0.05) is 33.6 Å². The smallest absolute Gasteiger partial charge is 0.132 e. The largest absolute Gasteiger partial charge is 0.300 e. The van der Waals surface area contributed by atoms with E-state index in [-0.39, 0.29) is 0 Å². The summed E-state index contributed by atoms with van der Waals surface area (Å²) in [5, 5.41) is 0.813. The van der Waals surface area contributed by atoms with Crippen molar-refractivity contribution in [1.82, 2.24) is 0 Å². The first kappa shape index (κ1) is 14.1. The molecule has 0 heterocycles. The summed E-state index contributed by atoms with van der Waals surface area (Å²) < 4.78 is 0.380. The van der Waals surface area contributed by atoms with E-state index in [1.165, 1.54) is 25.7 Å². The van der Waals surface area contributed by atoms with Gasteiger partial charge in [0.2, 0.25) is 0 Å². The quantitative estimate of drug-likeness (QED) is 0.669. The molecule has 2 heteroatoms. The maximum atomic E-state index is 11.4. The molecule has 0 atom stereocenters. The van der Waals surface area contributed by atoms with E-state index in [1.54, 1.807) is 0 Å².